The zero-order valence-electron chi connectivity index (χ0n) is 15.4. The van der Waals surface area contributed by atoms with Crippen LogP contribution < -0.4 is 11.1 Å². The Hall–Kier alpha value is -1.92. The van der Waals surface area contributed by atoms with Gasteiger partial charge in [-0.15, -0.1) is 0 Å². The van der Waals surface area contributed by atoms with Gasteiger partial charge in [-0.3, -0.25) is 9.59 Å². The minimum Gasteiger partial charge on any atom is -0.378 e. The summed E-state index contributed by atoms with van der Waals surface area (Å²) in [6.07, 6.45) is 3.75. The van der Waals surface area contributed by atoms with Crippen molar-refractivity contribution in [3.8, 4) is 0 Å². The Kier molecular flexibility index (Phi) is 6.27. The molecule has 1 saturated carbocycles. The fourth-order valence-corrected chi connectivity index (χ4v) is 3.39. The van der Waals surface area contributed by atoms with Crippen LogP contribution in [-0.4, -0.2) is 49.1 Å². The highest BCUT2D eigenvalue weighted by molar-refractivity contribution is 5.98. The first-order chi connectivity index (χ1) is 12.6. The van der Waals surface area contributed by atoms with Crippen molar-refractivity contribution in [1.82, 2.24) is 4.90 Å². The number of anilines is 1. The van der Waals surface area contributed by atoms with Crippen LogP contribution in [0.4, 0.5) is 5.69 Å². The molecule has 2 amide bonds. The van der Waals surface area contributed by atoms with Crippen LogP contribution in [0.1, 0.15) is 43.0 Å². The van der Waals surface area contributed by atoms with E-state index in [0.717, 1.165) is 25.7 Å². The van der Waals surface area contributed by atoms with Crippen LogP contribution in [0, 0.1) is 11.8 Å². The summed E-state index contributed by atoms with van der Waals surface area (Å²) in [5.41, 5.74) is 6.79. The van der Waals surface area contributed by atoms with E-state index in [2.05, 4.69) is 12.2 Å². The number of nitrogens with two attached hydrogens (primary N) is 1. The van der Waals surface area contributed by atoms with Gasteiger partial charge in [-0.2, -0.15) is 0 Å². The number of carbonyl (C=O) groups is 2. The third-order valence-corrected chi connectivity index (χ3v) is 5.25. The van der Waals surface area contributed by atoms with Gasteiger partial charge in [0.1, 0.15) is 0 Å². The molecule has 2 fully saturated rings. The predicted octanol–water partition coefficient (Wildman–Crippen LogP) is 2.25. The first-order valence-corrected chi connectivity index (χ1v) is 9.60. The number of likely N-dealkylation sites (tertiary alicyclic amines) is 1. The zero-order chi connectivity index (χ0) is 18.5. The highest BCUT2D eigenvalue weighted by Gasteiger charge is 2.39. The van der Waals surface area contributed by atoms with Gasteiger partial charge >= 0.3 is 0 Å². The summed E-state index contributed by atoms with van der Waals surface area (Å²) >= 11 is 0. The maximum Gasteiger partial charge on any atom is 0.253 e. The lowest BCUT2D eigenvalue weighted by molar-refractivity contribution is -0.117. The first kappa shape index (κ1) is 18.9. The lowest BCUT2D eigenvalue weighted by Gasteiger charge is -2.32. The Balaban J connectivity index is 1.52. The Morgan fingerprint density at radius 3 is 2.69 bits per heavy atom. The zero-order valence-corrected chi connectivity index (χ0v) is 15.4. The summed E-state index contributed by atoms with van der Waals surface area (Å²) in [6.45, 7) is 4.80. The van der Waals surface area contributed by atoms with Gasteiger partial charge in [-0.05, 0) is 56.3 Å². The van der Waals surface area contributed by atoms with Crippen molar-refractivity contribution in [2.24, 2.45) is 17.6 Å². The maximum absolute atomic E-state index is 12.8. The van der Waals surface area contributed by atoms with Crippen molar-refractivity contribution in [1.29, 1.82) is 0 Å². The van der Waals surface area contributed by atoms with Crippen molar-refractivity contribution < 1.29 is 14.3 Å². The van der Waals surface area contributed by atoms with Crippen molar-refractivity contribution in [2.75, 3.05) is 31.6 Å². The van der Waals surface area contributed by atoms with E-state index in [0.29, 0.717) is 43.4 Å². The molecule has 1 aromatic rings. The smallest absolute Gasteiger partial charge is 0.253 e. The minimum atomic E-state index is 0.0151. The molecule has 1 aromatic carbocycles. The second kappa shape index (κ2) is 8.64. The van der Waals surface area contributed by atoms with E-state index < -0.39 is 0 Å². The molecular weight excluding hydrogens is 330 g/mol. The quantitative estimate of drug-likeness (QED) is 0.731. The fraction of sp³-hybridized carbons (Fsp3) is 0.600. The van der Waals surface area contributed by atoms with Crippen molar-refractivity contribution >= 4 is 17.5 Å². The van der Waals surface area contributed by atoms with Crippen LogP contribution in [0.25, 0.3) is 0 Å². The number of hydrogen-bond donors (Lipinski definition) is 2. The molecule has 6 heteroatoms. The minimum absolute atomic E-state index is 0.0151. The van der Waals surface area contributed by atoms with Crippen LogP contribution in [0.2, 0.25) is 0 Å². The number of piperidine rings is 1. The molecule has 1 heterocycles. The monoisotopic (exact) mass is 359 g/mol. The van der Waals surface area contributed by atoms with Crippen LogP contribution in [0.3, 0.4) is 0 Å². The average molecular weight is 359 g/mol. The molecule has 1 aliphatic heterocycles. The largest absolute Gasteiger partial charge is 0.378 e. The Bertz CT molecular complexity index is 641. The standard InChI is InChI=1S/C20H29N3O3/c1-14-12-18(14)19(24)22-16-5-2-4-15(13-16)20(25)23-9-6-17(7-10-23)26-11-3-8-21/h2,4-5,13-14,17-18H,3,6-12,21H2,1H3,(H,22,24). The normalized spacial score (nSPS) is 22.9. The van der Waals surface area contributed by atoms with Gasteiger partial charge < -0.3 is 20.7 Å². The van der Waals surface area contributed by atoms with E-state index in [1.54, 1.807) is 6.07 Å². The molecule has 1 saturated heterocycles. The van der Waals surface area contributed by atoms with E-state index in [4.69, 9.17) is 10.5 Å². The van der Waals surface area contributed by atoms with Crippen LogP contribution in [0.15, 0.2) is 24.3 Å². The molecule has 6 nitrogen and oxygen atoms in total. The van der Waals surface area contributed by atoms with E-state index in [9.17, 15) is 9.59 Å². The predicted molar refractivity (Wildman–Crippen MR) is 101 cm³/mol. The van der Waals surface area contributed by atoms with E-state index in [1.807, 2.05) is 23.1 Å². The second-order valence-electron chi connectivity index (χ2n) is 7.39. The first-order valence-electron chi connectivity index (χ1n) is 9.60. The molecule has 3 N–H and O–H groups in total. The van der Waals surface area contributed by atoms with Crippen LogP contribution in [-0.2, 0) is 9.53 Å². The molecule has 2 unspecified atom stereocenters. The fourth-order valence-electron chi connectivity index (χ4n) is 3.39. The summed E-state index contributed by atoms with van der Waals surface area (Å²) in [4.78, 5) is 26.7. The molecule has 0 bridgehead atoms. The lowest BCUT2D eigenvalue weighted by atomic mass is 10.1. The highest BCUT2D eigenvalue weighted by Crippen LogP contribution is 2.38. The van der Waals surface area contributed by atoms with Gasteiger partial charge in [0.15, 0.2) is 0 Å². The topological polar surface area (TPSA) is 84.7 Å². The number of rotatable bonds is 7. The summed E-state index contributed by atoms with van der Waals surface area (Å²) in [5.74, 6) is 0.652. The summed E-state index contributed by atoms with van der Waals surface area (Å²) in [6, 6.07) is 7.24. The van der Waals surface area contributed by atoms with Gasteiger partial charge in [0.25, 0.3) is 5.91 Å². The van der Waals surface area contributed by atoms with Gasteiger partial charge in [0, 0.05) is 36.9 Å². The molecule has 0 aromatic heterocycles. The third-order valence-electron chi connectivity index (χ3n) is 5.25. The van der Waals surface area contributed by atoms with Crippen molar-refractivity contribution in [3.05, 3.63) is 29.8 Å². The van der Waals surface area contributed by atoms with E-state index >= 15 is 0 Å². The molecule has 0 spiro atoms. The Labute approximate surface area is 155 Å². The molecule has 0 radical (unpaired) electrons. The lowest BCUT2D eigenvalue weighted by Crippen LogP contribution is -2.41. The van der Waals surface area contributed by atoms with Gasteiger partial charge in [0.2, 0.25) is 5.91 Å². The average Bonchev–Trinajstić information content (AvgIpc) is 3.39. The highest BCUT2D eigenvalue weighted by atomic mass is 16.5. The van der Waals surface area contributed by atoms with Crippen LogP contribution >= 0.6 is 0 Å². The molecule has 26 heavy (non-hydrogen) atoms. The molecule has 1 aliphatic carbocycles. The third kappa shape index (κ3) is 4.83. The number of benzene rings is 1. The summed E-state index contributed by atoms with van der Waals surface area (Å²) in [7, 11) is 0. The maximum atomic E-state index is 12.8. The Morgan fingerprint density at radius 2 is 2.04 bits per heavy atom. The number of amides is 2. The number of nitrogens with one attached hydrogen (secondary N) is 1. The molecular formula is C20H29N3O3. The van der Waals surface area contributed by atoms with Crippen molar-refractivity contribution in [3.63, 3.8) is 0 Å². The van der Waals surface area contributed by atoms with Gasteiger partial charge in [-0.25, -0.2) is 0 Å². The summed E-state index contributed by atoms with van der Waals surface area (Å²) in [5, 5.41) is 2.93. The SMILES string of the molecule is CC1CC1C(=O)Nc1cccc(C(=O)N2CCC(OCCCN)CC2)c1. The molecule has 3 rings (SSSR count). The Morgan fingerprint density at radius 1 is 1.31 bits per heavy atom. The molecule has 142 valence electrons. The molecule has 2 atom stereocenters. The second-order valence-corrected chi connectivity index (χ2v) is 7.39. The number of carbonyl (C=O) groups excluding carboxylic acids is 2. The van der Waals surface area contributed by atoms with Gasteiger partial charge in [0.05, 0.1) is 6.10 Å². The number of hydrogen-bond acceptors (Lipinski definition) is 4. The number of ether oxygens (including phenoxy) is 1. The van der Waals surface area contributed by atoms with Gasteiger partial charge in [-0.1, -0.05) is 13.0 Å². The van der Waals surface area contributed by atoms with E-state index in [-0.39, 0.29) is 23.8 Å². The van der Waals surface area contributed by atoms with Crippen molar-refractivity contribution in [2.45, 2.75) is 38.7 Å². The summed E-state index contributed by atoms with van der Waals surface area (Å²) < 4.78 is 5.79. The molecule has 2 aliphatic rings. The number of nitrogens with zero attached hydrogens (tertiary/aromatic N) is 1. The van der Waals surface area contributed by atoms with E-state index in [1.165, 1.54) is 0 Å². The van der Waals surface area contributed by atoms with Crippen LogP contribution in [0.5, 0.6) is 0 Å².